The minimum Gasteiger partial charge on any atom is -0.321 e. The average molecular weight is 252 g/mol. The molecule has 1 aliphatic rings. The molecule has 1 heterocycles. The van der Waals surface area contributed by atoms with Gasteiger partial charge in [0.05, 0.1) is 5.54 Å². The van der Waals surface area contributed by atoms with Crippen molar-refractivity contribution in [3.63, 3.8) is 0 Å². The molecule has 0 spiro atoms. The van der Waals surface area contributed by atoms with Gasteiger partial charge in [0.25, 0.3) is 0 Å². The Balaban J connectivity index is 2.00. The fraction of sp³-hybridized carbons (Fsp3) is 0.538. The summed E-state index contributed by atoms with van der Waals surface area (Å²) in [5.41, 5.74) is 7.21. The van der Waals surface area contributed by atoms with Crippen molar-refractivity contribution in [2.24, 2.45) is 5.73 Å². The number of benzene rings is 1. The van der Waals surface area contributed by atoms with Gasteiger partial charge in [0.15, 0.2) is 0 Å². The van der Waals surface area contributed by atoms with E-state index in [0.717, 1.165) is 36.7 Å². The van der Waals surface area contributed by atoms with Gasteiger partial charge in [0.1, 0.15) is 0 Å². The standard InChI is InChI=1S/C13H20N2OS/c1-13(14,12-5-3-2-4-6-12)11-15-7-9-17(16)10-8-15/h2-6H,7-11,14H2,1H3. The molecule has 2 rings (SSSR count). The van der Waals surface area contributed by atoms with Crippen molar-refractivity contribution in [3.8, 4) is 0 Å². The highest BCUT2D eigenvalue weighted by molar-refractivity contribution is 7.85. The summed E-state index contributed by atoms with van der Waals surface area (Å²) < 4.78 is 11.3. The summed E-state index contributed by atoms with van der Waals surface area (Å²) in [5.74, 6) is 1.57. The molecule has 17 heavy (non-hydrogen) atoms. The predicted molar refractivity (Wildman–Crippen MR) is 72.3 cm³/mol. The first-order valence-electron chi connectivity index (χ1n) is 6.00. The van der Waals surface area contributed by atoms with Crippen LogP contribution in [0, 0.1) is 0 Å². The molecule has 0 aromatic heterocycles. The van der Waals surface area contributed by atoms with Crippen LogP contribution in [0.5, 0.6) is 0 Å². The fourth-order valence-corrected chi connectivity index (χ4v) is 3.34. The van der Waals surface area contributed by atoms with E-state index in [-0.39, 0.29) is 5.54 Å². The normalized spacial score (nSPS) is 22.2. The van der Waals surface area contributed by atoms with Crippen molar-refractivity contribution >= 4 is 10.8 Å². The van der Waals surface area contributed by atoms with Crippen LogP contribution in [0.15, 0.2) is 30.3 Å². The predicted octanol–water partition coefficient (Wildman–Crippen LogP) is 0.925. The number of rotatable bonds is 3. The molecule has 1 fully saturated rings. The lowest BCUT2D eigenvalue weighted by molar-refractivity contribution is 0.235. The molecule has 0 aliphatic carbocycles. The number of nitrogens with two attached hydrogens (primary N) is 1. The highest BCUT2D eigenvalue weighted by Crippen LogP contribution is 2.19. The summed E-state index contributed by atoms with van der Waals surface area (Å²) in [6.07, 6.45) is 0. The van der Waals surface area contributed by atoms with Gasteiger partial charge in [-0.15, -0.1) is 0 Å². The van der Waals surface area contributed by atoms with Crippen molar-refractivity contribution in [2.45, 2.75) is 12.5 Å². The maximum Gasteiger partial charge on any atom is 0.0509 e. The molecule has 94 valence electrons. The van der Waals surface area contributed by atoms with E-state index in [1.165, 1.54) is 0 Å². The highest BCUT2D eigenvalue weighted by Gasteiger charge is 2.26. The van der Waals surface area contributed by atoms with Crippen LogP contribution in [-0.2, 0) is 16.3 Å². The number of hydrogen-bond acceptors (Lipinski definition) is 3. The second-order valence-electron chi connectivity index (χ2n) is 4.91. The van der Waals surface area contributed by atoms with E-state index >= 15 is 0 Å². The van der Waals surface area contributed by atoms with Crippen LogP contribution in [0.2, 0.25) is 0 Å². The van der Waals surface area contributed by atoms with E-state index in [9.17, 15) is 4.21 Å². The van der Waals surface area contributed by atoms with E-state index in [1.807, 2.05) is 18.2 Å². The molecule has 1 saturated heterocycles. The van der Waals surface area contributed by atoms with Crippen LogP contribution in [-0.4, -0.2) is 40.2 Å². The molecule has 1 atom stereocenters. The zero-order chi connectivity index (χ0) is 12.3. The Labute approximate surface area is 105 Å². The first kappa shape index (κ1) is 12.7. The Morgan fingerprint density at radius 3 is 2.47 bits per heavy atom. The molecule has 0 saturated carbocycles. The van der Waals surface area contributed by atoms with Crippen molar-refractivity contribution < 1.29 is 4.21 Å². The smallest absolute Gasteiger partial charge is 0.0509 e. The molecule has 1 aromatic rings. The van der Waals surface area contributed by atoms with Gasteiger partial charge < -0.3 is 5.73 Å². The molecule has 1 aromatic carbocycles. The van der Waals surface area contributed by atoms with Gasteiger partial charge in [-0.3, -0.25) is 9.11 Å². The third kappa shape index (κ3) is 3.37. The minimum atomic E-state index is -0.616. The van der Waals surface area contributed by atoms with Crippen molar-refractivity contribution in [2.75, 3.05) is 31.1 Å². The largest absolute Gasteiger partial charge is 0.321 e. The second-order valence-corrected chi connectivity index (χ2v) is 6.60. The van der Waals surface area contributed by atoms with Gasteiger partial charge >= 0.3 is 0 Å². The molecule has 1 aliphatic heterocycles. The lowest BCUT2D eigenvalue weighted by atomic mass is 9.92. The molecular weight excluding hydrogens is 232 g/mol. The van der Waals surface area contributed by atoms with Crippen molar-refractivity contribution in [1.29, 1.82) is 0 Å². The monoisotopic (exact) mass is 252 g/mol. The topological polar surface area (TPSA) is 46.3 Å². The van der Waals surface area contributed by atoms with Crippen LogP contribution in [0.3, 0.4) is 0 Å². The van der Waals surface area contributed by atoms with E-state index in [4.69, 9.17) is 5.73 Å². The van der Waals surface area contributed by atoms with Crippen LogP contribution >= 0.6 is 0 Å². The first-order valence-corrected chi connectivity index (χ1v) is 7.48. The third-order valence-electron chi connectivity index (χ3n) is 3.26. The van der Waals surface area contributed by atoms with Crippen LogP contribution in [0.25, 0.3) is 0 Å². The fourth-order valence-electron chi connectivity index (χ4n) is 2.21. The second kappa shape index (κ2) is 5.29. The zero-order valence-electron chi connectivity index (χ0n) is 10.3. The quantitative estimate of drug-likeness (QED) is 0.870. The Kier molecular flexibility index (Phi) is 3.97. The summed E-state index contributed by atoms with van der Waals surface area (Å²) in [5, 5.41) is 0. The van der Waals surface area contributed by atoms with Crippen LogP contribution in [0.4, 0.5) is 0 Å². The molecule has 1 unspecified atom stereocenters. The maximum absolute atomic E-state index is 11.3. The van der Waals surface area contributed by atoms with Crippen molar-refractivity contribution in [1.82, 2.24) is 4.90 Å². The Bertz CT molecular complexity index is 382. The number of nitrogens with zero attached hydrogens (tertiary/aromatic N) is 1. The Hall–Kier alpha value is -0.710. The van der Waals surface area contributed by atoms with Gasteiger partial charge in [-0.1, -0.05) is 30.3 Å². The summed E-state index contributed by atoms with van der Waals surface area (Å²) in [7, 11) is -0.616. The zero-order valence-corrected chi connectivity index (χ0v) is 11.1. The average Bonchev–Trinajstić information content (AvgIpc) is 2.33. The third-order valence-corrected chi connectivity index (χ3v) is 4.53. The maximum atomic E-state index is 11.3. The molecule has 0 amide bonds. The van der Waals surface area contributed by atoms with Gasteiger partial charge in [0.2, 0.25) is 0 Å². The van der Waals surface area contributed by atoms with Crippen LogP contribution in [0.1, 0.15) is 12.5 Å². The first-order chi connectivity index (χ1) is 8.08. The van der Waals surface area contributed by atoms with Gasteiger partial charge in [-0.2, -0.15) is 0 Å². The molecular formula is C13H20N2OS. The Morgan fingerprint density at radius 2 is 1.88 bits per heavy atom. The highest BCUT2D eigenvalue weighted by atomic mass is 32.2. The van der Waals surface area contributed by atoms with Crippen molar-refractivity contribution in [3.05, 3.63) is 35.9 Å². The van der Waals surface area contributed by atoms with E-state index < -0.39 is 10.8 Å². The number of hydrogen-bond donors (Lipinski definition) is 1. The molecule has 4 heteroatoms. The van der Waals surface area contributed by atoms with Gasteiger partial charge in [-0.05, 0) is 12.5 Å². The summed E-state index contributed by atoms with van der Waals surface area (Å²) >= 11 is 0. The van der Waals surface area contributed by atoms with Gasteiger partial charge in [0, 0.05) is 41.9 Å². The Morgan fingerprint density at radius 1 is 1.29 bits per heavy atom. The molecule has 2 N–H and O–H groups in total. The van der Waals surface area contributed by atoms with E-state index in [2.05, 4.69) is 24.0 Å². The summed E-state index contributed by atoms with van der Waals surface area (Å²) in [6.45, 7) is 4.68. The van der Waals surface area contributed by atoms with E-state index in [0.29, 0.717) is 0 Å². The summed E-state index contributed by atoms with van der Waals surface area (Å²) in [6, 6.07) is 10.2. The summed E-state index contributed by atoms with van der Waals surface area (Å²) in [4.78, 5) is 2.31. The minimum absolute atomic E-state index is 0.333. The molecule has 3 nitrogen and oxygen atoms in total. The lowest BCUT2D eigenvalue weighted by Gasteiger charge is -2.34. The SMILES string of the molecule is CC(N)(CN1CCS(=O)CC1)c1ccccc1. The van der Waals surface area contributed by atoms with Gasteiger partial charge in [-0.25, -0.2) is 0 Å². The molecule has 0 bridgehead atoms. The molecule has 0 radical (unpaired) electrons. The van der Waals surface area contributed by atoms with Crippen LogP contribution < -0.4 is 5.73 Å². The lowest BCUT2D eigenvalue weighted by Crippen LogP contribution is -2.49. The van der Waals surface area contributed by atoms with E-state index in [1.54, 1.807) is 0 Å².